The maximum absolute atomic E-state index is 5.59. The highest BCUT2D eigenvalue weighted by molar-refractivity contribution is 5.60. The third-order valence-electron chi connectivity index (χ3n) is 4.70. The summed E-state index contributed by atoms with van der Waals surface area (Å²) in [6, 6.07) is 0. The summed E-state index contributed by atoms with van der Waals surface area (Å²) in [5, 5.41) is 0. The maximum atomic E-state index is 5.59. The Morgan fingerprint density at radius 2 is 2.00 bits per heavy atom. The van der Waals surface area contributed by atoms with Crippen molar-refractivity contribution in [3.63, 3.8) is 0 Å². The van der Waals surface area contributed by atoms with E-state index in [1.165, 1.54) is 19.3 Å². The van der Waals surface area contributed by atoms with E-state index < -0.39 is 0 Å². The predicted octanol–water partition coefficient (Wildman–Crippen LogP) is 2.90. The Morgan fingerprint density at radius 1 is 1.35 bits per heavy atom. The smallest absolute Gasteiger partial charge is 0.148 e. The summed E-state index contributed by atoms with van der Waals surface area (Å²) in [7, 11) is 0. The van der Waals surface area contributed by atoms with Crippen LogP contribution in [0.4, 0.5) is 11.6 Å². The van der Waals surface area contributed by atoms with E-state index in [-0.39, 0.29) is 0 Å². The normalized spacial score (nSPS) is 18.4. The van der Waals surface area contributed by atoms with Crippen molar-refractivity contribution in [2.45, 2.75) is 52.9 Å². The number of nitrogens with one attached hydrogen (secondary N) is 1. The molecular formula is C15H27N5. The number of anilines is 2. The molecule has 0 atom stereocenters. The summed E-state index contributed by atoms with van der Waals surface area (Å²) in [6.07, 6.45) is 5.29. The van der Waals surface area contributed by atoms with E-state index >= 15 is 0 Å². The molecule has 1 aromatic heterocycles. The van der Waals surface area contributed by atoms with Crippen LogP contribution in [0, 0.1) is 5.41 Å². The molecule has 0 radical (unpaired) electrons. The summed E-state index contributed by atoms with van der Waals surface area (Å²) < 4.78 is 0. The van der Waals surface area contributed by atoms with Gasteiger partial charge in [0.2, 0.25) is 0 Å². The second-order valence-corrected chi connectivity index (χ2v) is 6.41. The molecular weight excluding hydrogens is 250 g/mol. The number of nitrogens with two attached hydrogens (primary N) is 1. The molecule has 0 amide bonds. The molecule has 1 aliphatic rings. The summed E-state index contributed by atoms with van der Waals surface area (Å²) in [5.74, 6) is 7.72. The summed E-state index contributed by atoms with van der Waals surface area (Å²) in [4.78, 5) is 11.2. The minimum absolute atomic E-state index is 0.344. The minimum atomic E-state index is 0.344. The van der Waals surface area contributed by atoms with Crippen LogP contribution in [-0.2, 0) is 0 Å². The summed E-state index contributed by atoms with van der Waals surface area (Å²) in [5.41, 5.74) is 4.31. The Kier molecular flexibility index (Phi) is 4.48. The Labute approximate surface area is 121 Å². The first-order chi connectivity index (χ1) is 9.50. The van der Waals surface area contributed by atoms with Gasteiger partial charge in [0, 0.05) is 18.7 Å². The fourth-order valence-electron chi connectivity index (χ4n) is 2.90. The van der Waals surface area contributed by atoms with Crippen LogP contribution in [0.1, 0.15) is 58.4 Å². The zero-order valence-electron chi connectivity index (χ0n) is 13.1. The zero-order valence-corrected chi connectivity index (χ0v) is 13.1. The van der Waals surface area contributed by atoms with Crippen LogP contribution in [0.25, 0.3) is 0 Å². The third-order valence-corrected chi connectivity index (χ3v) is 4.70. The fraction of sp³-hybridized carbons (Fsp3) is 0.733. The van der Waals surface area contributed by atoms with E-state index in [9.17, 15) is 0 Å². The van der Waals surface area contributed by atoms with Gasteiger partial charge < -0.3 is 10.3 Å². The lowest BCUT2D eigenvalue weighted by Crippen LogP contribution is -2.39. The second kappa shape index (κ2) is 5.95. The van der Waals surface area contributed by atoms with Gasteiger partial charge in [-0.05, 0) is 24.2 Å². The number of hydrazine groups is 1. The van der Waals surface area contributed by atoms with Gasteiger partial charge in [-0.3, -0.25) is 0 Å². The number of aromatic nitrogens is 2. The molecule has 2 rings (SSSR count). The largest absolute Gasteiger partial charge is 0.356 e. The molecule has 1 aliphatic heterocycles. The number of piperidine rings is 1. The predicted molar refractivity (Wildman–Crippen MR) is 83.8 cm³/mol. The average molecular weight is 277 g/mol. The van der Waals surface area contributed by atoms with Crippen LogP contribution in [-0.4, -0.2) is 23.1 Å². The summed E-state index contributed by atoms with van der Waals surface area (Å²) in [6.45, 7) is 11.1. The van der Waals surface area contributed by atoms with Gasteiger partial charge in [0.25, 0.3) is 0 Å². The van der Waals surface area contributed by atoms with Gasteiger partial charge in [-0.2, -0.15) is 0 Å². The standard InChI is InChI=1S/C15H27N5/c1-5-15(4)6-8-20(9-7-15)14-12(11(2)3)13(19-16)17-10-18-14/h10-11H,5-9,16H2,1-4H3,(H,17,18,19). The van der Waals surface area contributed by atoms with Crippen LogP contribution >= 0.6 is 0 Å². The van der Waals surface area contributed by atoms with Crippen LogP contribution in [0.15, 0.2) is 6.33 Å². The van der Waals surface area contributed by atoms with E-state index in [1.54, 1.807) is 6.33 Å². The first-order valence-corrected chi connectivity index (χ1v) is 7.57. The van der Waals surface area contributed by atoms with Crippen molar-refractivity contribution in [1.82, 2.24) is 9.97 Å². The molecule has 112 valence electrons. The lowest BCUT2D eigenvalue weighted by Gasteiger charge is -2.40. The molecule has 1 fully saturated rings. The molecule has 0 saturated carbocycles. The van der Waals surface area contributed by atoms with E-state index in [1.807, 2.05) is 0 Å². The van der Waals surface area contributed by atoms with Crippen LogP contribution in [0.2, 0.25) is 0 Å². The van der Waals surface area contributed by atoms with Crippen LogP contribution in [0.3, 0.4) is 0 Å². The molecule has 3 N–H and O–H groups in total. The molecule has 2 heterocycles. The van der Waals surface area contributed by atoms with Gasteiger partial charge in [0.05, 0.1) is 0 Å². The Hall–Kier alpha value is -1.36. The zero-order chi connectivity index (χ0) is 14.8. The van der Waals surface area contributed by atoms with Gasteiger partial charge in [-0.1, -0.05) is 34.1 Å². The highest BCUT2D eigenvalue weighted by Crippen LogP contribution is 2.38. The molecule has 0 unspecified atom stereocenters. The van der Waals surface area contributed by atoms with Crippen molar-refractivity contribution >= 4 is 11.6 Å². The topological polar surface area (TPSA) is 67.1 Å². The van der Waals surface area contributed by atoms with E-state index in [4.69, 9.17) is 5.84 Å². The lowest BCUT2D eigenvalue weighted by molar-refractivity contribution is 0.237. The molecule has 20 heavy (non-hydrogen) atoms. The van der Waals surface area contributed by atoms with Gasteiger partial charge in [-0.25, -0.2) is 15.8 Å². The highest BCUT2D eigenvalue weighted by atomic mass is 15.3. The van der Waals surface area contributed by atoms with Crippen molar-refractivity contribution in [2.24, 2.45) is 11.3 Å². The van der Waals surface area contributed by atoms with Gasteiger partial charge in [0.1, 0.15) is 18.0 Å². The maximum Gasteiger partial charge on any atom is 0.148 e. The van der Waals surface area contributed by atoms with Crippen molar-refractivity contribution in [3.05, 3.63) is 11.9 Å². The van der Waals surface area contributed by atoms with Gasteiger partial charge >= 0.3 is 0 Å². The van der Waals surface area contributed by atoms with Crippen molar-refractivity contribution in [1.29, 1.82) is 0 Å². The van der Waals surface area contributed by atoms with Gasteiger partial charge in [-0.15, -0.1) is 0 Å². The molecule has 0 spiro atoms. The number of nitrogens with zero attached hydrogens (tertiary/aromatic N) is 3. The van der Waals surface area contributed by atoms with Gasteiger partial charge in [0.15, 0.2) is 0 Å². The Balaban J connectivity index is 2.26. The quantitative estimate of drug-likeness (QED) is 0.654. The SMILES string of the molecule is CCC1(C)CCN(c2ncnc(NN)c2C(C)C)CC1. The number of nitrogen functional groups attached to an aromatic ring is 1. The van der Waals surface area contributed by atoms with Crippen molar-refractivity contribution in [2.75, 3.05) is 23.4 Å². The molecule has 1 aromatic rings. The first-order valence-electron chi connectivity index (χ1n) is 7.57. The second-order valence-electron chi connectivity index (χ2n) is 6.41. The van der Waals surface area contributed by atoms with E-state index in [2.05, 4.69) is 48.0 Å². The molecule has 0 aromatic carbocycles. The highest BCUT2D eigenvalue weighted by Gasteiger charge is 2.30. The summed E-state index contributed by atoms with van der Waals surface area (Å²) >= 11 is 0. The monoisotopic (exact) mass is 277 g/mol. The fourth-order valence-corrected chi connectivity index (χ4v) is 2.90. The van der Waals surface area contributed by atoms with Crippen molar-refractivity contribution in [3.8, 4) is 0 Å². The first kappa shape index (κ1) is 15.0. The minimum Gasteiger partial charge on any atom is -0.356 e. The van der Waals surface area contributed by atoms with Crippen molar-refractivity contribution < 1.29 is 0 Å². The number of hydrogen-bond donors (Lipinski definition) is 2. The molecule has 1 saturated heterocycles. The molecule has 0 aliphatic carbocycles. The Morgan fingerprint density at radius 3 is 2.50 bits per heavy atom. The van der Waals surface area contributed by atoms with E-state index in [0.717, 1.165) is 30.3 Å². The molecule has 5 heteroatoms. The third kappa shape index (κ3) is 2.87. The van der Waals surface area contributed by atoms with E-state index in [0.29, 0.717) is 11.3 Å². The number of rotatable bonds is 4. The lowest BCUT2D eigenvalue weighted by atomic mass is 9.78. The average Bonchev–Trinajstić information content (AvgIpc) is 2.47. The number of hydrogen-bond acceptors (Lipinski definition) is 5. The van der Waals surface area contributed by atoms with Crippen LogP contribution < -0.4 is 16.2 Å². The molecule has 5 nitrogen and oxygen atoms in total. The molecule has 0 bridgehead atoms. The van der Waals surface area contributed by atoms with Crippen LogP contribution in [0.5, 0.6) is 0 Å². The Bertz CT molecular complexity index is 450.